The Balaban J connectivity index is 2.19. The van der Waals surface area contributed by atoms with Crippen molar-refractivity contribution in [3.05, 3.63) is 29.3 Å². The molecule has 1 aliphatic rings. The Morgan fingerprint density at radius 2 is 1.79 bits per heavy atom. The number of hydrogen-bond donors (Lipinski definition) is 0. The van der Waals surface area contributed by atoms with Crippen LogP contribution in [0.5, 0.6) is 0 Å². The molecule has 2 rings (SSSR count). The van der Waals surface area contributed by atoms with E-state index >= 15 is 0 Å². The Kier molecular flexibility index (Phi) is 7.71. The Labute approximate surface area is 171 Å². The second-order valence-corrected chi connectivity index (χ2v) is 9.11. The molecule has 0 bridgehead atoms. The number of piperidine rings is 1. The first-order chi connectivity index (χ1) is 13.2. The number of halogens is 1. The van der Waals surface area contributed by atoms with Crippen LogP contribution in [-0.4, -0.2) is 57.2 Å². The number of benzene rings is 1. The average molecular weight is 431 g/mol. The second kappa shape index (κ2) is 9.60. The lowest BCUT2D eigenvalue weighted by Gasteiger charge is -2.37. The fourth-order valence-electron chi connectivity index (χ4n) is 3.44. The third-order valence-electron chi connectivity index (χ3n) is 4.82. The van der Waals surface area contributed by atoms with E-state index in [4.69, 9.17) is 16.3 Å². The van der Waals surface area contributed by atoms with Crippen molar-refractivity contribution < 1.29 is 22.7 Å². The van der Waals surface area contributed by atoms with Crippen LogP contribution in [-0.2, 0) is 24.3 Å². The van der Waals surface area contributed by atoms with Crippen LogP contribution in [0.4, 0.5) is 5.69 Å². The van der Waals surface area contributed by atoms with Gasteiger partial charge in [0.25, 0.3) is 0 Å². The van der Waals surface area contributed by atoms with Crippen LogP contribution in [0.2, 0.25) is 5.02 Å². The number of nitrogens with zero attached hydrogens (tertiary/aromatic N) is 2. The highest BCUT2D eigenvalue weighted by Gasteiger charge is 2.36. The molecule has 0 saturated carbocycles. The van der Waals surface area contributed by atoms with E-state index in [-0.39, 0.29) is 17.8 Å². The highest BCUT2D eigenvalue weighted by Crippen LogP contribution is 2.27. The first-order valence-electron chi connectivity index (χ1n) is 9.39. The van der Waals surface area contributed by atoms with Crippen molar-refractivity contribution in [3.8, 4) is 0 Å². The highest BCUT2D eigenvalue weighted by atomic mass is 35.5. The van der Waals surface area contributed by atoms with Crippen LogP contribution < -0.4 is 4.31 Å². The van der Waals surface area contributed by atoms with E-state index in [1.807, 2.05) is 0 Å². The fraction of sp³-hybridized carbons (Fsp3) is 0.579. The van der Waals surface area contributed by atoms with E-state index in [0.717, 1.165) is 10.6 Å². The summed E-state index contributed by atoms with van der Waals surface area (Å²) in [5.41, 5.74) is 0.397. The van der Waals surface area contributed by atoms with Gasteiger partial charge in [-0.05, 0) is 50.5 Å². The van der Waals surface area contributed by atoms with Gasteiger partial charge in [0.15, 0.2) is 0 Å². The molecule has 7 nitrogen and oxygen atoms in total. The average Bonchev–Trinajstić information content (AvgIpc) is 2.66. The summed E-state index contributed by atoms with van der Waals surface area (Å²) in [6, 6.07) is 5.52. The lowest BCUT2D eigenvalue weighted by atomic mass is 9.96. The first-order valence-corrected chi connectivity index (χ1v) is 11.6. The zero-order valence-electron chi connectivity index (χ0n) is 16.4. The number of hydrogen-bond acceptors (Lipinski definition) is 5. The van der Waals surface area contributed by atoms with Crippen molar-refractivity contribution in [2.24, 2.45) is 5.92 Å². The second-order valence-electron chi connectivity index (χ2n) is 6.81. The van der Waals surface area contributed by atoms with Gasteiger partial charge in [0.1, 0.15) is 6.04 Å². The van der Waals surface area contributed by atoms with Gasteiger partial charge in [-0.25, -0.2) is 8.42 Å². The number of sulfonamides is 1. The zero-order chi connectivity index (χ0) is 20.9. The molecule has 1 aromatic carbocycles. The van der Waals surface area contributed by atoms with E-state index in [0.29, 0.717) is 49.7 Å². The number of likely N-dealkylation sites (tertiary alicyclic amines) is 1. The predicted molar refractivity (Wildman–Crippen MR) is 109 cm³/mol. The zero-order valence-corrected chi connectivity index (χ0v) is 18.0. The summed E-state index contributed by atoms with van der Waals surface area (Å²) in [6.45, 7) is 4.68. The summed E-state index contributed by atoms with van der Waals surface area (Å²) in [4.78, 5) is 26.7. The lowest BCUT2D eigenvalue weighted by molar-refractivity contribution is -0.151. The van der Waals surface area contributed by atoms with Crippen molar-refractivity contribution in [2.45, 2.75) is 39.2 Å². The third kappa shape index (κ3) is 5.38. The molecular formula is C19H27ClN2O5S. The summed E-state index contributed by atoms with van der Waals surface area (Å²) in [6.07, 6.45) is 2.44. The summed E-state index contributed by atoms with van der Waals surface area (Å²) in [7, 11) is -3.69. The molecule has 1 fully saturated rings. The molecule has 1 aromatic rings. The summed E-state index contributed by atoms with van der Waals surface area (Å²) in [5.74, 6) is -0.711. The molecule has 0 spiro atoms. The van der Waals surface area contributed by atoms with Crippen molar-refractivity contribution in [2.75, 3.05) is 30.3 Å². The lowest BCUT2D eigenvalue weighted by Crippen LogP contribution is -2.52. The SMILES string of the molecule is CCOC(=O)C1CCN(C(=O)[C@H](CC)N(c2ccc(Cl)cc2)S(C)(=O)=O)CC1. The Hall–Kier alpha value is -1.80. The maximum absolute atomic E-state index is 13.1. The Morgan fingerprint density at radius 1 is 1.21 bits per heavy atom. The van der Waals surface area contributed by atoms with Gasteiger partial charge in [-0.2, -0.15) is 0 Å². The molecule has 0 aliphatic carbocycles. The van der Waals surface area contributed by atoms with E-state index in [1.54, 1.807) is 43.0 Å². The van der Waals surface area contributed by atoms with Gasteiger partial charge in [-0.15, -0.1) is 0 Å². The normalized spacial score (nSPS) is 16.5. The molecule has 1 aliphatic heterocycles. The van der Waals surface area contributed by atoms with Crippen LogP contribution >= 0.6 is 11.6 Å². The quantitative estimate of drug-likeness (QED) is 0.621. The maximum atomic E-state index is 13.1. The summed E-state index contributed by atoms with van der Waals surface area (Å²) < 4.78 is 31.2. The molecule has 156 valence electrons. The first kappa shape index (κ1) is 22.5. The molecule has 9 heteroatoms. The smallest absolute Gasteiger partial charge is 0.309 e. The maximum Gasteiger partial charge on any atom is 0.309 e. The van der Waals surface area contributed by atoms with Crippen molar-refractivity contribution in [3.63, 3.8) is 0 Å². The molecule has 0 radical (unpaired) electrons. The Morgan fingerprint density at radius 3 is 2.25 bits per heavy atom. The number of rotatable bonds is 7. The van der Waals surface area contributed by atoms with Crippen LogP contribution in [0, 0.1) is 5.92 Å². The fourth-order valence-corrected chi connectivity index (χ4v) is 4.77. The summed E-state index contributed by atoms with van der Waals surface area (Å²) >= 11 is 5.91. The van der Waals surface area contributed by atoms with Gasteiger partial charge < -0.3 is 9.64 Å². The number of amides is 1. The largest absolute Gasteiger partial charge is 0.466 e. The van der Waals surface area contributed by atoms with Crippen LogP contribution in [0.3, 0.4) is 0 Å². The van der Waals surface area contributed by atoms with E-state index < -0.39 is 16.1 Å². The van der Waals surface area contributed by atoms with Gasteiger partial charge in [0.05, 0.1) is 24.5 Å². The Bertz CT molecular complexity index is 789. The topological polar surface area (TPSA) is 84.0 Å². The molecule has 0 N–H and O–H groups in total. The number of carbonyl (C=O) groups is 2. The molecule has 0 unspecified atom stereocenters. The van der Waals surface area contributed by atoms with Gasteiger partial charge in [-0.1, -0.05) is 18.5 Å². The standard InChI is InChI=1S/C19H27ClN2O5S/c1-4-17(22(28(3,25)26)16-8-6-15(20)7-9-16)18(23)21-12-10-14(11-13-21)19(24)27-5-2/h6-9,14,17H,4-5,10-13H2,1-3H3/t17-/m0/s1. The molecular weight excluding hydrogens is 404 g/mol. The van der Waals surface area contributed by atoms with Crippen LogP contribution in [0.15, 0.2) is 24.3 Å². The number of carbonyl (C=O) groups excluding carboxylic acids is 2. The minimum Gasteiger partial charge on any atom is -0.466 e. The minimum atomic E-state index is -3.69. The molecule has 0 aromatic heterocycles. The van der Waals surface area contributed by atoms with Crippen molar-refractivity contribution in [1.29, 1.82) is 0 Å². The predicted octanol–water partition coefficient (Wildman–Crippen LogP) is 2.69. The van der Waals surface area contributed by atoms with Crippen molar-refractivity contribution in [1.82, 2.24) is 4.90 Å². The van der Waals surface area contributed by atoms with E-state index in [1.165, 1.54) is 0 Å². The number of ether oxygens (including phenoxy) is 1. The monoisotopic (exact) mass is 430 g/mol. The van der Waals surface area contributed by atoms with E-state index in [9.17, 15) is 18.0 Å². The van der Waals surface area contributed by atoms with Gasteiger partial charge in [-0.3, -0.25) is 13.9 Å². The van der Waals surface area contributed by atoms with Crippen LogP contribution in [0.1, 0.15) is 33.1 Å². The van der Waals surface area contributed by atoms with Crippen LogP contribution in [0.25, 0.3) is 0 Å². The third-order valence-corrected chi connectivity index (χ3v) is 6.25. The van der Waals surface area contributed by atoms with Gasteiger partial charge in [0.2, 0.25) is 15.9 Å². The molecule has 1 atom stereocenters. The number of esters is 1. The molecule has 1 heterocycles. The molecule has 1 amide bonds. The van der Waals surface area contributed by atoms with E-state index in [2.05, 4.69) is 0 Å². The molecule has 28 heavy (non-hydrogen) atoms. The minimum absolute atomic E-state index is 0.216. The summed E-state index contributed by atoms with van der Waals surface area (Å²) in [5, 5.41) is 0.484. The molecule has 1 saturated heterocycles. The van der Waals surface area contributed by atoms with Gasteiger partial charge >= 0.3 is 5.97 Å². The van der Waals surface area contributed by atoms with Gasteiger partial charge in [0, 0.05) is 18.1 Å². The van der Waals surface area contributed by atoms with Crippen molar-refractivity contribution >= 4 is 39.2 Å². The number of anilines is 1. The highest BCUT2D eigenvalue weighted by molar-refractivity contribution is 7.92.